The number of nitro benzene ring substituents is 1. The Balaban J connectivity index is 2.27. The molecule has 1 aliphatic rings. The van der Waals surface area contributed by atoms with E-state index in [4.69, 9.17) is 32.7 Å². The molecule has 1 aromatic carbocycles. The zero-order valence-electron chi connectivity index (χ0n) is 11.4. The fraction of sp³-hybridized carbons (Fsp3) is 0.385. The predicted molar refractivity (Wildman–Crippen MR) is 80.3 cm³/mol. The maximum atomic E-state index is 12.0. The van der Waals surface area contributed by atoms with Crippen molar-refractivity contribution in [1.82, 2.24) is 0 Å². The van der Waals surface area contributed by atoms with Gasteiger partial charge in [-0.2, -0.15) is 0 Å². The van der Waals surface area contributed by atoms with Gasteiger partial charge in [-0.25, -0.2) is 9.79 Å². The minimum absolute atomic E-state index is 0.0183. The summed E-state index contributed by atoms with van der Waals surface area (Å²) < 4.78 is 10.5. The highest BCUT2D eigenvalue weighted by Crippen LogP contribution is 2.33. The zero-order valence-corrected chi connectivity index (χ0v) is 13.0. The fourth-order valence-corrected chi connectivity index (χ4v) is 2.19. The Morgan fingerprint density at radius 2 is 2.09 bits per heavy atom. The van der Waals surface area contributed by atoms with Crippen LogP contribution in [0.15, 0.2) is 29.3 Å². The van der Waals surface area contributed by atoms with Crippen molar-refractivity contribution in [2.45, 2.75) is 23.9 Å². The summed E-state index contributed by atoms with van der Waals surface area (Å²) >= 11 is 11.4. The third-order valence-corrected chi connectivity index (χ3v) is 3.32. The van der Waals surface area contributed by atoms with Gasteiger partial charge in [0, 0.05) is 12.1 Å². The van der Waals surface area contributed by atoms with Crippen LogP contribution < -0.4 is 0 Å². The maximum absolute atomic E-state index is 12.0. The molecule has 0 fully saturated rings. The number of halogens is 2. The third-order valence-electron chi connectivity index (χ3n) is 2.95. The highest BCUT2D eigenvalue weighted by Gasteiger charge is 2.40. The molecule has 2 rings (SSSR count). The van der Waals surface area contributed by atoms with E-state index in [0.717, 1.165) is 0 Å². The lowest BCUT2D eigenvalue weighted by molar-refractivity contribution is -0.384. The molecule has 1 heterocycles. The number of nitro groups is 1. The quantitative estimate of drug-likeness (QED) is 0.354. The van der Waals surface area contributed by atoms with E-state index >= 15 is 0 Å². The molecule has 0 bridgehead atoms. The number of benzene rings is 1. The van der Waals surface area contributed by atoms with Crippen molar-refractivity contribution >= 4 is 40.8 Å². The second-order valence-corrected chi connectivity index (χ2v) is 5.45. The van der Waals surface area contributed by atoms with Crippen molar-refractivity contribution < 1.29 is 19.2 Å². The smallest absolute Gasteiger partial charge is 0.335 e. The van der Waals surface area contributed by atoms with Crippen molar-refractivity contribution in [1.29, 1.82) is 0 Å². The molecule has 0 radical (unpaired) electrons. The molecule has 0 saturated heterocycles. The van der Waals surface area contributed by atoms with Gasteiger partial charge in [-0.15, -0.1) is 0 Å². The van der Waals surface area contributed by atoms with E-state index in [1.165, 1.54) is 24.3 Å². The van der Waals surface area contributed by atoms with E-state index < -0.39 is 27.9 Å². The molecule has 0 unspecified atom stereocenters. The highest BCUT2D eigenvalue weighted by atomic mass is 35.5. The lowest BCUT2D eigenvalue weighted by Crippen LogP contribution is -2.26. The van der Waals surface area contributed by atoms with E-state index in [1.807, 2.05) is 0 Å². The van der Waals surface area contributed by atoms with Crippen LogP contribution in [0.1, 0.15) is 18.6 Å². The van der Waals surface area contributed by atoms with Gasteiger partial charge in [0.1, 0.15) is 0 Å². The highest BCUT2D eigenvalue weighted by molar-refractivity contribution is 6.53. The Morgan fingerprint density at radius 1 is 1.45 bits per heavy atom. The van der Waals surface area contributed by atoms with Gasteiger partial charge >= 0.3 is 5.97 Å². The molecule has 118 valence electrons. The van der Waals surface area contributed by atoms with Gasteiger partial charge in [0.2, 0.25) is 5.90 Å². The monoisotopic (exact) mass is 346 g/mol. The van der Waals surface area contributed by atoms with Crippen LogP contribution in [-0.4, -0.2) is 34.3 Å². The molecular formula is C13H12Cl2N2O5. The van der Waals surface area contributed by atoms with Crippen LogP contribution in [-0.2, 0) is 14.3 Å². The summed E-state index contributed by atoms with van der Waals surface area (Å²) in [5.41, 5.74) is 0.472. The summed E-state index contributed by atoms with van der Waals surface area (Å²) in [5.74, 6) is -0.556. The predicted octanol–water partition coefficient (Wildman–Crippen LogP) is 2.80. The number of ether oxygens (including phenoxy) is 2. The van der Waals surface area contributed by atoms with Gasteiger partial charge in [0.15, 0.2) is 17.0 Å². The third kappa shape index (κ3) is 3.48. The fourth-order valence-electron chi connectivity index (χ4n) is 1.98. The van der Waals surface area contributed by atoms with Crippen molar-refractivity contribution in [3.8, 4) is 0 Å². The summed E-state index contributed by atoms with van der Waals surface area (Å²) in [7, 11) is 0. The summed E-state index contributed by atoms with van der Waals surface area (Å²) in [4.78, 5) is 25.2. The topological polar surface area (TPSA) is 91.0 Å². The standard InChI is InChI=1S/C13H12Cl2N2O5/c1-2-21-13(18)9-10(22-12(16-9)11(14)15)7-3-5-8(6-4-7)17(19)20/h3-6,9-11H,2H2,1H3/t9-,10+/m1/s1. The molecule has 0 spiro atoms. The molecule has 2 atom stereocenters. The lowest BCUT2D eigenvalue weighted by Gasteiger charge is -2.17. The zero-order chi connectivity index (χ0) is 16.3. The number of aliphatic imine (C=N–C) groups is 1. The van der Waals surface area contributed by atoms with Gasteiger partial charge in [-0.3, -0.25) is 10.1 Å². The SMILES string of the molecule is CCOC(=O)[C@@H]1N=C(C(Cl)Cl)O[C@H]1c1ccc([N+](=O)[O-])cc1. The van der Waals surface area contributed by atoms with E-state index in [9.17, 15) is 14.9 Å². The van der Waals surface area contributed by atoms with E-state index in [0.29, 0.717) is 5.56 Å². The molecule has 0 N–H and O–H groups in total. The summed E-state index contributed by atoms with van der Waals surface area (Å²) in [6.45, 7) is 1.86. The average Bonchev–Trinajstić information content (AvgIpc) is 2.93. The summed E-state index contributed by atoms with van der Waals surface area (Å²) in [5, 5.41) is 10.7. The summed E-state index contributed by atoms with van der Waals surface area (Å²) in [6, 6.07) is 4.67. The van der Waals surface area contributed by atoms with Crippen molar-refractivity contribution in [2.24, 2.45) is 4.99 Å². The molecule has 7 nitrogen and oxygen atoms in total. The molecule has 1 aliphatic heterocycles. The summed E-state index contributed by atoms with van der Waals surface area (Å²) in [6.07, 6.45) is -0.783. The van der Waals surface area contributed by atoms with Gasteiger partial charge in [0.05, 0.1) is 11.5 Å². The van der Waals surface area contributed by atoms with Gasteiger partial charge in [-0.1, -0.05) is 23.2 Å². The van der Waals surface area contributed by atoms with Crippen LogP contribution in [0.25, 0.3) is 0 Å². The van der Waals surface area contributed by atoms with Crippen LogP contribution in [0.3, 0.4) is 0 Å². The second-order valence-electron chi connectivity index (χ2n) is 4.35. The number of hydrogen-bond donors (Lipinski definition) is 0. The van der Waals surface area contributed by atoms with Crippen LogP contribution in [0.5, 0.6) is 0 Å². The molecule has 9 heteroatoms. The molecule has 0 aromatic heterocycles. The molecule has 22 heavy (non-hydrogen) atoms. The number of carbonyl (C=O) groups is 1. The molecule has 0 amide bonds. The van der Waals surface area contributed by atoms with Crippen molar-refractivity contribution in [3.63, 3.8) is 0 Å². The number of rotatable bonds is 5. The van der Waals surface area contributed by atoms with E-state index in [-0.39, 0.29) is 18.2 Å². The van der Waals surface area contributed by atoms with Gasteiger partial charge in [-0.05, 0) is 24.6 Å². The molecule has 1 aromatic rings. The largest absolute Gasteiger partial charge is 0.468 e. The Morgan fingerprint density at radius 3 is 2.59 bits per heavy atom. The number of nitrogens with zero attached hydrogens (tertiary/aromatic N) is 2. The number of esters is 1. The van der Waals surface area contributed by atoms with Crippen LogP contribution in [0.2, 0.25) is 0 Å². The number of carbonyl (C=O) groups excluding carboxylic acids is 1. The van der Waals surface area contributed by atoms with E-state index in [1.54, 1.807) is 6.92 Å². The maximum Gasteiger partial charge on any atom is 0.335 e. The first-order valence-corrected chi connectivity index (χ1v) is 7.24. The first-order chi connectivity index (χ1) is 10.4. The normalized spacial score (nSPS) is 20.5. The van der Waals surface area contributed by atoms with Gasteiger partial charge < -0.3 is 9.47 Å². The minimum Gasteiger partial charge on any atom is -0.468 e. The Bertz CT molecular complexity index is 603. The first kappa shape index (κ1) is 16.5. The number of hydrogen-bond acceptors (Lipinski definition) is 6. The Hall–Kier alpha value is -1.86. The molecule has 0 saturated carbocycles. The van der Waals surface area contributed by atoms with Gasteiger partial charge in [0.25, 0.3) is 5.69 Å². The van der Waals surface area contributed by atoms with Crippen LogP contribution in [0, 0.1) is 10.1 Å². The average molecular weight is 347 g/mol. The van der Waals surface area contributed by atoms with Crippen LogP contribution in [0.4, 0.5) is 5.69 Å². The Kier molecular flexibility index (Phi) is 5.20. The second kappa shape index (κ2) is 6.93. The van der Waals surface area contributed by atoms with Crippen LogP contribution >= 0.6 is 23.2 Å². The molecular weight excluding hydrogens is 335 g/mol. The molecule has 0 aliphatic carbocycles. The number of non-ortho nitro benzene ring substituents is 1. The Labute approximate surface area is 136 Å². The van der Waals surface area contributed by atoms with Crippen molar-refractivity contribution in [2.75, 3.05) is 6.61 Å². The first-order valence-electron chi connectivity index (χ1n) is 6.37. The van der Waals surface area contributed by atoms with Crippen molar-refractivity contribution in [3.05, 3.63) is 39.9 Å². The van der Waals surface area contributed by atoms with E-state index in [2.05, 4.69) is 4.99 Å². The number of alkyl halides is 2. The lowest BCUT2D eigenvalue weighted by atomic mass is 10.0. The minimum atomic E-state index is -1.01.